The van der Waals surface area contributed by atoms with E-state index >= 15 is 0 Å². The van der Waals surface area contributed by atoms with E-state index in [1.165, 1.54) is 6.20 Å². The van der Waals surface area contributed by atoms with E-state index in [1.807, 2.05) is 0 Å². The van der Waals surface area contributed by atoms with Gasteiger partial charge in [0.15, 0.2) is 0 Å². The molecule has 0 radical (unpaired) electrons. The fourth-order valence-electron chi connectivity index (χ4n) is 1.59. The van der Waals surface area contributed by atoms with E-state index in [1.54, 1.807) is 18.2 Å². The number of nitrogens with one attached hydrogen (secondary N) is 1. The van der Waals surface area contributed by atoms with Crippen LogP contribution in [0.2, 0.25) is 0 Å². The number of benzene rings is 1. The Hall–Kier alpha value is -1.93. The molecule has 0 spiro atoms. The number of alkyl halides is 3. The van der Waals surface area contributed by atoms with Gasteiger partial charge in [0.2, 0.25) is 10.0 Å². The van der Waals surface area contributed by atoms with Crippen LogP contribution in [0.3, 0.4) is 0 Å². The van der Waals surface area contributed by atoms with Crippen LogP contribution in [0.5, 0.6) is 0 Å². The fraction of sp³-hybridized carbons (Fsp3) is 0.154. The van der Waals surface area contributed by atoms with E-state index in [0.717, 1.165) is 18.2 Å². The Morgan fingerprint density at radius 3 is 2.48 bits per heavy atom. The van der Waals surface area contributed by atoms with Crippen molar-refractivity contribution in [3.63, 3.8) is 0 Å². The van der Waals surface area contributed by atoms with Crippen molar-refractivity contribution < 1.29 is 21.6 Å². The number of sulfonamides is 1. The van der Waals surface area contributed by atoms with Crippen molar-refractivity contribution in [2.24, 2.45) is 0 Å². The van der Waals surface area contributed by atoms with Gasteiger partial charge in [0.25, 0.3) is 0 Å². The van der Waals surface area contributed by atoms with Gasteiger partial charge in [-0.3, -0.25) is 4.98 Å². The molecule has 0 saturated heterocycles. The van der Waals surface area contributed by atoms with Crippen LogP contribution in [0.4, 0.5) is 13.2 Å². The summed E-state index contributed by atoms with van der Waals surface area (Å²) in [7, 11) is -4.03. The number of aromatic nitrogens is 1. The third-order valence-electron chi connectivity index (χ3n) is 2.64. The molecular weight excluding hydrogens is 305 g/mol. The first-order chi connectivity index (χ1) is 9.79. The standard InChI is InChI=1S/C13H11F3N2O2S/c14-13(15,16)10-4-3-6-12(8-10)21(19,20)18-9-11-5-1-2-7-17-11/h1-8,18H,9H2. The largest absolute Gasteiger partial charge is 0.416 e. The van der Waals surface area contributed by atoms with Crippen LogP contribution >= 0.6 is 0 Å². The van der Waals surface area contributed by atoms with Gasteiger partial charge >= 0.3 is 6.18 Å². The minimum Gasteiger partial charge on any atom is -0.260 e. The van der Waals surface area contributed by atoms with Crippen LogP contribution in [0.25, 0.3) is 0 Å². The second-order valence-corrected chi connectivity index (χ2v) is 5.94. The summed E-state index contributed by atoms with van der Waals surface area (Å²) in [4.78, 5) is 3.49. The minimum atomic E-state index is -4.59. The molecule has 0 saturated carbocycles. The molecule has 2 aromatic rings. The van der Waals surface area contributed by atoms with E-state index in [2.05, 4.69) is 9.71 Å². The average Bonchev–Trinajstić information content (AvgIpc) is 2.46. The van der Waals surface area contributed by atoms with Crippen molar-refractivity contribution >= 4 is 10.0 Å². The summed E-state index contributed by atoms with van der Waals surface area (Å²) < 4.78 is 63.9. The molecule has 1 aromatic carbocycles. The van der Waals surface area contributed by atoms with Gasteiger partial charge in [-0.05, 0) is 30.3 Å². The SMILES string of the molecule is O=S(=O)(NCc1ccccn1)c1cccc(C(F)(F)F)c1. The van der Waals surface area contributed by atoms with Gasteiger partial charge in [0, 0.05) is 6.20 Å². The lowest BCUT2D eigenvalue weighted by Crippen LogP contribution is -2.24. The van der Waals surface area contributed by atoms with Crippen molar-refractivity contribution in [1.29, 1.82) is 0 Å². The molecule has 0 amide bonds. The van der Waals surface area contributed by atoms with Crippen LogP contribution in [0.15, 0.2) is 53.6 Å². The molecule has 1 heterocycles. The zero-order valence-electron chi connectivity index (χ0n) is 10.6. The summed E-state index contributed by atoms with van der Waals surface area (Å²) in [6.07, 6.45) is -3.10. The number of pyridine rings is 1. The number of hydrogen-bond donors (Lipinski definition) is 1. The molecule has 8 heteroatoms. The first-order valence-corrected chi connectivity index (χ1v) is 7.34. The first kappa shape index (κ1) is 15.5. The first-order valence-electron chi connectivity index (χ1n) is 5.86. The lowest BCUT2D eigenvalue weighted by atomic mass is 10.2. The van der Waals surface area contributed by atoms with E-state index < -0.39 is 26.7 Å². The maximum atomic E-state index is 12.6. The smallest absolute Gasteiger partial charge is 0.260 e. The van der Waals surface area contributed by atoms with Gasteiger partial charge in [-0.2, -0.15) is 13.2 Å². The molecule has 4 nitrogen and oxygen atoms in total. The molecular formula is C13H11F3N2O2S. The molecule has 21 heavy (non-hydrogen) atoms. The van der Waals surface area contributed by atoms with Gasteiger partial charge in [-0.1, -0.05) is 12.1 Å². The minimum absolute atomic E-state index is 0.0978. The summed E-state index contributed by atoms with van der Waals surface area (Å²) in [6.45, 7) is -0.0978. The van der Waals surface area contributed by atoms with E-state index in [9.17, 15) is 21.6 Å². The Labute approximate surface area is 119 Å². The van der Waals surface area contributed by atoms with Crippen molar-refractivity contribution in [3.05, 3.63) is 59.9 Å². The van der Waals surface area contributed by atoms with Gasteiger partial charge in [0.05, 0.1) is 22.7 Å². The second-order valence-electron chi connectivity index (χ2n) is 4.17. The maximum Gasteiger partial charge on any atom is 0.416 e. The van der Waals surface area contributed by atoms with E-state index in [-0.39, 0.29) is 6.54 Å². The molecule has 112 valence electrons. The third kappa shape index (κ3) is 4.02. The van der Waals surface area contributed by atoms with Crippen molar-refractivity contribution in [2.45, 2.75) is 17.6 Å². The van der Waals surface area contributed by atoms with E-state index in [0.29, 0.717) is 11.8 Å². The highest BCUT2D eigenvalue weighted by Gasteiger charge is 2.31. The number of rotatable bonds is 4. The predicted octanol–water partition coefficient (Wildman–Crippen LogP) is 2.58. The van der Waals surface area contributed by atoms with E-state index in [4.69, 9.17) is 0 Å². The Kier molecular flexibility index (Phi) is 4.29. The molecule has 0 atom stereocenters. The average molecular weight is 316 g/mol. The van der Waals surface area contributed by atoms with Crippen molar-refractivity contribution in [3.8, 4) is 0 Å². The molecule has 0 aliphatic heterocycles. The monoisotopic (exact) mass is 316 g/mol. The molecule has 0 unspecified atom stereocenters. The summed E-state index contributed by atoms with van der Waals surface area (Å²) in [5, 5.41) is 0. The van der Waals surface area contributed by atoms with Crippen molar-refractivity contribution in [1.82, 2.24) is 9.71 Å². The Morgan fingerprint density at radius 1 is 1.10 bits per heavy atom. The lowest BCUT2D eigenvalue weighted by Gasteiger charge is -2.10. The zero-order chi connectivity index (χ0) is 15.5. The molecule has 1 aromatic heterocycles. The number of nitrogens with zero attached hydrogens (tertiary/aromatic N) is 1. The highest BCUT2D eigenvalue weighted by molar-refractivity contribution is 7.89. The van der Waals surface area contributed by atoms with Crippen LogP contribution in [0.1, 0.15) is 11.3 Å². The molecule has 2 rings (SSSR count). The topological polar surface area (TPSA) is 59.1 Å². The molecule has 0 fully saturated rings. The van der Waals surface area contributed by atoms with Gasteiger partial charge in [-0.25, -0.2) is 13.1 Å². The summed E-state index contributed by atoms with van der Waals surface area (Å²) in [5.41, 5.74) is -0.545. The number of halogens is 3. The van der Waals surface area contributed by atoms with Crippen LogP contribution < -0.4 is 4.72 Å². The Bertz CT molecular complexity index is 716. The van der Waals surface area contributed by atoms with Crippen LogP contribution in [-0.4, -0.2) is 13.4 Å². The van der Waals surface area contributed by atoms with Crippen LogP contribution in [0, 0.1) is 0 Å². The maximum absolute atomic E-state index is 12.6. The third-order valence-corrected chi connectivity index (χ3v) is 4.04. The fourth-order valence-corrected chi connectivity index (χ4v) is 2.64. The highest BCUT2D eigenvalue weighted by atomic mass is 32.2. The molecule has 0 bridgehead atoms. The normalized spacial score (nSPS) is 12.3. The Morgan fingerprint density at radius 2 is 1.86 bits per heavy atom. The number of hydrogen-bond acceptors (Lipinski definition) is 3. The van der Waals surface area contributed by atoms with Crippen LogP contribution in [-0.2, 0) is 22.7 Å². The quantitative estimate of drug-likeness (QED) is 0.943. The summed E-state index contributed by atoms with van der Waals surface area (Å²) >= 11 is 0. The van der Waals surface area contributed by atoms with Gasteiger partial charge < -0.3 is 0 Å². The van der Waals surface area contributed by atoms with Gasteiger partial charge in [0.1, 0.15) is 0 Å². The summed E-state index contributed by atoms with van der Waals surface area (Å²) in [6, 6.07) is 8.53. The molecule has 0 aliphatic carbocycles. The molecule has 0 aliphatic rings. The zero-order valence-corrected chi connectivity index (χ0v) is 11.4. The lowest BCUT2D eigenvalue weighted by molar-refractivity contribution is -0.137. The Balaban J connectivity index is 2.20. The van der Waals surface area contributed by atoms with Gasteiger partial charge in [-0.15, -0.1) is 0 Å². The highest BCUT2D eigenvalue weighted by Crippen LogP contribution is 2.30. The predicted molar refractivity (Wildman–Crippen MR) is 69.7 cm³/mol. The molecule has 1 N–H and O–H groups in total. The van der Waals surface area contributed by atoms with Crippen molar-refractivity contribution in [2.75, 3.05) is 0 Å². The summed E-state index contributed by atoms with van der Waals surface area (Å²) in [5.74, 6) is 0. The second kappa shape index (κ2) is 5.82.